The highest BCUT2D eigenvalue weighted by Gasteiger charge is 2.68. The monoisotopic (exact) mass is 498 g/mol. The zero-order chi connectivity index (χ0) is 24.0. The quantitative estimate of drug-likeness (QED) is 0.265. The topological polar surface area (TPSA) is 32.8 Å². The molecule has 1 aromatic carbocycles. The third kappa shape index (κ3) is 5.20. The number of carbonyl (C=O) groups excluding carboxylic acids is 1. The molecule has 0 radical (unpaired) electrons. The van der Waals surface area contributed by atoms with E-state index < -0.39 is 25.7 Å². The average Bonchev–Trinajstić information content (AvgIpc) is 3.60. The summed E-state index contributed by atoms with van der Waals surface area (Å²) < 4.78 is 50.4. The van der Waals surface area contributed by atoms with E-state index in [0.29, 0.717) is 17.3 Å². The van der Waals surface area contributed by atoms with Crippen LogP contribution in [0.15, 0.2) is 18.2 Å². The first-order valence-corrected chi connectivity index (χ1v) is 15.6. The summed E-state index contributed by atoms with van der Waals surface area (Å²) in [6.07, 6.45) is -1.67. The maximum absolute atomic E-state index is 14.9. The van der Waals surface area contributed by atoms with Crippen molar-refractivity contribution in [1.29, 1.82) is 0 Å². The van der Waals surface area contributed by atoms with Crippen molar-refractivity contribution in [2.24, 2.45) is 11.8 Å². The van der Waals surface area contributed by atoms with Crippen LogP contribution in [0.5, 0.6) is 0 Å². The number of hydrogen-bond donors (Lipinski definition) is 0. The van der Waals surface area contributed by atoms with E-state index in [2.05, 4.69) is 31.5 Å². The van der Waals surface area contributed by atoms with Crippen molar-refractivity contribution in [2.45, 2.75) is 63.1 Å². The fraction of sp³-hybridized carbons (Fsp3) is 0.625. The van der Waals surface area contributed by atoms with E-state index in [4.69, 9.17) is 16.3 Å². The highest BCUT2D eigenvalue weighted by molar-refractivity contribution is 6.76. The van der Waals surface area contributed by atoms with Gasteiger partial charge in [0.15, 0.2) is 0 Å². The van der Waals surface area contributed by atoms with E-state index in [1.54, 1.807) is 12.1 Å². The predicted octanol–water partition coefficient (Wildman–Crippen LogP) is 5.93. The van der Waals surface area contributed by atoms with Crippen LogP contribution < -0.4 is 9.80 Å². The van der Waals surface area contributed by atoms with Crippen molar-refractivity contribution in [3.05, 3.63) is 23.2 Å². The van der Waals surface area contributed by atoms with E-state index in [1.807, 2.05) is 0 Å². The van der Waals surface area contributed by atoms with Gasteiger partial charge in [-0.15, -0.1) is 0 Å². The number of hydrogen-bond acceptors (Lipinski definition) is 3. The Hall–Kier alpha value is -1.69. The van der Waals surface area contributed by atoms with Crippen LogP contribution in [0.3, 0.4) is 0 Å². The Morgan fingerprint density at radius 2 is 1.88 bits per heavy atom. The van der Waals surface area contributed by atoms with Crippen molar-refractivity contribution in [1.82, 2.24) is 0 Å². The smallest absolute Gasteiger partial charge is 0.361 e. The molecule has 0 aromatic heterocycles. The first-order valence-electron chi connectivity index (χ1n) is 11.5. The van der Waals surface area contributed by atoms with Gasteiger partial charge in [0.1, 0.15) is 6.73 Å². The molecule has 2 saturated carbocycles. The van der Waals surface area contributed by atoms with Crippen LogP contribution in [0.2, 0.25) is 30.7 Å². The fourth-order valence-electron chi connectivity index (χ4n) is 3.90. The number of alkyl halides is 3. The summed E-state index contributed by atoms with van der Waals surface area (Å²) in [6, 6.07) is 5.56. The summed E-state index contributed by atoms with van der Waals surface area (Å²) in [5.41, 5.74) is -2.28. The van der Waals surface area contributed by atoms with Crippen molar-refractivity contribution >= 4 is 37.0 Å². The first kappa shape index (κ1) is 24.4. The Morgan fingerprint density at radius 3 is 2.45 bits per heavy atom. The number of fused-ring (bicyclic) bond motifs is 1. The van der Waals surface area contributed by atoms with E-state index in [9.17, 15) is 18.0 Å². The number of anilines is 2. The second kappa shape index (κ2) is 8.83. The van der Waals surface area contributed by atoms with Gasteiger partial charge in [-0.25, -0.2) is 0 Å². The Balaban J connectivity index is 1.78. The maximum atomic E-state index is 14.9. The molecule has 0 bridgehead atoms. The molecule has 0 saturated heterocycles. The minimum atomic E-state index is -4.89. The molecule has 2 aliphatic carbocycles. The SMILES string of the molecule is C[Si](C)(C)CCOCN1C(=O)C(C#CC2CC2)(C(F)(F)F)N(CC2CC2)c2cc(Cl)ccc21. The van der Waals surface area contributed by atoms with Crippen LogP contribution in [0.1, 0.15) is 25.7 Å². The Bertz CT molecular complexity index is 977. The normalized spacial score (nSPS) is 23.3. The van der Waals surface area contributed by atoms with E-state index >= 15 is 0 Å². The molecule has 1 atom stereocenters. The fourth-order valence-corrected chi connectivity index (χ4v) is 4.82. The molecule has 1 unspecified atom stereocenters. The van der Waals surface area contributed by atoms with Gasteiger partial charge in [-0.2, -0.15) is 13.2 Å². The molecule has 4 nitrogen and oxygen atoms in total. The molecular formula is C24H30ClF3N2O2Si. The van der Waals surface area contributed by atoms with Crippen LogP contribution >= 0.6 is 11.6 Å². The Labute approximate surface area is 199 Å². The minimum Gasteiger partial charge on any atom is -0.361 e. The number of nitrogens with zero attached hydrogens (tertiary/aromatic N) is 2. The molecule has 1 amide bonds. The van der Waals surface area contributed by atoms with E-state index in [0.717, 1.165) is 36.6 Å². The lowest BCUT2D eigenvalue weighted by atomic mass is 9.89. The van der Waals surface area contributed by atoms with E-state index in [1.165, 1.54) is 11.0 Å². The van der Waals surface area contributed by atoms with Gasteiger partial charge >= 0.3 is 6.18 Å². The number of rotatable bonds is 7. The van der Waals surface area contributed by atoms with Crippen molar-refractivity contribution in [3.63, 3.8) is 0 Å². The molecule has 1 heterocycles. The summed E-state index contributed by atoms with van der Waals surface area (Å²) in [5, 5.41) is 0.315. The third-order valence-corrected chi connectivity index (χ3v) is 8.22. The van der Waals surface area contributed by atoms with Gasteiger partial charge in [-0.05, 0) is 55.8 Å². The van der Waals surface area contributed by atoms with Crippen LogP contribution in [-0.2, 0) is 9.53 Å². The number of halogens is 4. The molecule has 2 fully saturated rings. The van der Waals surface area contributed by atoms with Crippen molar-refractivity contribution in [2.75, 3.05) is 29.7 Å². The zero-order valence-corrected chi connectivity index (χ0v) is 21.0. The van der Waals surface area contributed by atoms with Crippen LogP contribution in [0, 0.1) is 23.7 Å². The Kier molecular flexibility index (Phi) is 6.53. The minimum absolute atomic E-state index is 0.0815. The second-order valence-electron chi connectivity index (χ2n) is 10.5. The molecule has 0 spiro atoms. The highest BCUT2D eigenvalue weighted by Crippen LogP contribution is 2.50. The largest absolute Gasteiger partial charge is 0.432 e. The lowest BCUT2D eigenvalue weighted by Crippen LogP contribution is -2.70. The molecule has 33 heavy (non-hydrogen) atoms. The van der Waals surface area contributed by atoms with Gasteiger partial charge in [-0.1, -0.05) is 43.1 Å². The van der Waals surface area contributed by atoms with Gasteiger partial charge in [0, 0.05) is 32.2 Å². The highest BCUT2D eigenvalue weighted by atomic mass is 35.5. The number of carbonyl (C=O) groups is 1. The molecule has 180 valence electrons. The molecule has 0 N–H and O–H groups in total. The third-order valence-electron chi connectivity index (χ3n) is 6.28. The van der Waals surface area contributed by atoms with Gasteiger partial charge in [0.05, 0.1) is 11.4 Å². The van der Waals surface area contributed by atoms with E-state index in [-0.39, 0.29) is 30.8 Å². The summed E-state index contributed by atoms with van der Waals surface area (Å²) in [7, 11) is -1.40. The predicted molar refractivity (Wildman–Crippen MR) is 127 cm³/mol. The van der Waals surface area contributed by atoms with Crippen LogP contribution in [-0.4, -0.2) is 45.6 Å². The molecular weight excluding hydrogens is 469 g/mol. The molecule has 1 aliphatic heterocycles. The van der Waals surface area contributed by atoms with Crippen LogP contribution in [0.4, 0.5) is 24.5 Å². The Morgan fingerprint density at radius 1 is 1.18 bits per heavy atom. The summed E-state index contributed by atoms with van der Waals surface area (Å²) in [5.74, 6) is 4.13. The lowest BCUT2D eigenvalue weighted by molar-refractivity contribution is -0.179. The second-order valence-corrected chi connectivity index (χ2v) is 16.6. The van der Waals surface area contributed by atoms with Gasteiger partial charge in [0.25, 0.3) is 11.4 Å². The van der Waals surface area contributed by atoms with Crippen molar-refractivity contribution in [3.8, 4) is 11.8 Å². The summed E-state index contributed by atoms with van der Waals surface area (Å²) >= 11 is 6.23. The molecule has 3 aliphatic rings. The average molecular weight is 499 g/mol. The number of benzene rings is 1. The van der Waals surface area contributed by atoms with Crippen molar-refractivity contribution < 1.29 is 22.7 Å². The molecule has 4 rings (SSSR count). The standard InChI is InChI=1S/C24H30ClF3N2O2Si/c1-33(2,3)13-12-32-16-29-20-9-8-19(25)14-21(20)30(15-18-6-7-18)23(22(29)31,24(26,27)28)11-10-17-4-5-17/h8-9,14,17-18H,4-7,12-13,15-16H2,1-3H3. The summed E-state index contributed by atoms with van der Waals surface area (Å²) in [4.78, 5) is 16.0. The lowest BCUT2D eigenvalue weighted by Gasteiger charge is -2.49. The first-order chi connectivity index (χ1) is 15.4. The molecule has 9 heteroatoms. The van der Waals surface area contributed by atoms with Crippen LogP contribution in [0.25, 0.3) is 0 Å². The van der Waals surface area contributed by atoms with Gasteiger partial charge in [-0.3, -0.25) is 9.69 Å². The van der Waals surface area contributed by atoms with Gasteiger partial charge in [0.2, 0.25) is 0 Å². The zero-order valence-electron chi connectivity index (χ0n) is 19.3. The number of ether oxygens (including phenoxy) is 1. The number of amides is 1. The van der Waals surface area contributed by atoms with Gasteiger partial charge < -0.3 is 9.64 Å². The molecule has 1 aromatic rings. The summed E-state index contributed by atoms with van der Waals surface area (Å²) in [6.45, 7) is 6.83. The maximum Gasteiger partial charge on any atom is 0.432 e.